The van der Waals surface area contributed by atoms with Crippen LogP contribution in [0.25, 0.3) is 71.9 Å². The highest BCUT2D eigenvalue weighted by Crippen LogP contribution is 2.46. The average Bonchev–Trinajstić information content (AvgIpc) is 3.63. The normalized spacial score (nSPS) is 12.4. The van der Waals surface area contributed by atoms with Gasteiger partial charge in [-0.1, -0.05) is 86.3 Å². The number of anilines is 1. The summed E-state index contributed by atoms with van der Waals surface area (Å²) in [6, 6.07) is 32.8. The molecule has 2 N–H and O–H groups in total. The summed E-state index contributed by atoms with van der Waals surface area (Å²) in [7, 11) is 0. The van der Waals surface area contributed by atoms with Crippen LogP contribution in [-0.4, -0.2) is 9.08 Å². The minimum absolute atomic E-state index is 0.883. The van der Waals surface area contributed by atoms with E-state index in [-0.39, 0.29) is 0 Å². The van der Waals surface area contributed by atoms with Crippen LogP contribution in [0.15, 0.2) is 104 Å². The van der Waals surface area contributed by atoms with Gasteiger partial charge in [-0.3, -0.25) is 0 Å². The van der Waals surface area contributed by atoms with Crippen molar-refractivity contribution >= 4 is 77.6 Å². The molecule has 8 aromatic rings. The van der Waals surface area contributed by atoms with E-state index in [1.807, 2.05) is 11.2 Å². The lowest BCUT2D eigenvalue weighted by Gasteiger charge is -2.25. The Morgan fingerprint density at radius 2 is 1.51 bits per heavy atom. The highest BCUT2D eigenvalue weighted by atomic mass is 15.7. The van der Waals surface area contributed by atoms with Gasteiger partial charge in [-0.15, -0.1) is 0 Å². The lowest BCUT2D eigenvalue weighted by atomic mass is 10.0. The molecule has 41 heavy (non-hydrogen) atoms. The van der Waals surface area contributed by atoms with Crippen LogP contribution in [0.1, 0.15) is 30.7 Å². The summed E-state index contributed by atoms with van der Waals surface area (Å²) in [5.74, 6) is 7.13. The zero-order valence-electron chi connectivity index (χ0n) is 23.2. The molecule has 0 amide bonds. The van der Waals surface area contributed by atoms with Gasteiger partial charge in [0.25, 0.3) is 0 Å². The van der Waals surface area contributed by atoms with Crippen LogP contribution in [0.4, 0.5) is 5.69 Å². The lowest BCUT2D eigenvalue weighted by Crippen LogP contribution is -2.37. The zero-order valence-corrected chi connectivity index (χ0v) is 23.2. The van der Waals surface area contributed by atoms with Crippen molar-refractivity contribution in [3.05, 3.63) is 120 Å². The predicted octanol–water partition coefficient (Wildman–Crippen LogP) is 9.33. The van der Waals surface area contributed by atoms with Gasteiger partial charge in [0.2, 0.25) is 0 Å². The van der Waals surface area contributed by atoms with E-state index in [1.54, 1.807) is 0 Å². The third-order valence-electron chi connectivity index (χ3n) is 8.67. The number of hydrogen-bond acceptors (Lipinski definition) is 2. The molecular formula is C37H30N4. The van der Waals surface area contributed by atoms with Crippen LogP contribution >= 0.6 is 0 Å². The largest absolute Gasteiger partial charge is 0.308 e. The molecule has 0 aliphatic carbocycles. The molecule has 4 heteroatoms. The van der Waals surface area contributed by atoms with E-state index >= 15 is 0 Å². The Morgan fingerprint density at radius 1 is 0.780 bits per heavy atom. The number of fused-ring (bicyclic) bond motifs is 9. The second kappa shape index (κ2) is 8.72. The fourth-order valence-corrected chi connectivity index (χ4v) is 6.94. The van der Waals surface area contributed by atoms with Gasteiger partial charge in [0.1, 0.15) is 0 Å². The number of allylic oxidation sites excluding steroid dienone is 1. The highest BCUT2D eigenvalue weighted by molar-refractivity contribution is 6.32. The molecule has 0 aliphatic rings. The van der Waals surface area contributed by atoms with Gasteiger partial charge in [-0.05, 0) is 66.1 Å². The number of para-hydroxylation sites is 2. The predicted molar refractivity (Wildman–Crippen MR) is 177 cm³/mol. The smallest absolute Gasteiger partial charge is 0.0827 e. The van der Waals surface area contributed by atoms with E-state index in [4.69, 9.17) is 5.84 Å². The second-order valence-electron chi connectivity index (χ2n) is 10.8. The molecule has 0 fully saturated rings. The number of nitrogens with zero attached hydrogens (tertiary/aromatic N) is 3. The topological polar surface area (TPSA) is 38.6 Å². The maximum Gasteiger partial charge on any atom is 0.0827 e. The van der Waals surface area contributed by atoms with Gasteiger partial charge in [0, 0.05) is 32.5 Å². The van der Waals surface area contributed by atoms with E-state index in [0.29, 0.717) is 0 Å². The molecule has 0 radical (unpaired) electrons. The molecule has 0 saturated carbocycles. The Bertz CT molecular complexity index is 2350. The summed E-state index contributed by atoms with van der Waals surface area (Å²) < 4.78 is 4.62. The highest BCUT2D eigenvalue weighted by Gasteiger charge is 2.27. The molecule has 8 rings (SSSR count). The lowest BCUT2D eigenvalue weighted by molar-refractivity contribution is 0.741. The SMILES string of the molecule is C=Cc1c(/C=C\C)c2cc3c4ccccc4n4c5cc6ccccc6cc5c(c2n1N(N)c1ccccc1CC)c34. The van der Waals surface area contributed by atoms with E-state index in [9.17, 15) is 0 Å². The summed E-state index contributed by atoms with van der Waals surface area (Å²) in [4.78, 5) is 0. The Morgan fingerprint density at radius 3 is 2.29 bits per heavy atom. The van der Waals surface area contributed by atoms with Crippen molar-refractivity contribution in [3.63, 3.8) is 0 Å². The molecule has 198 valence electrons. The quantitative estimate of drug-likeness (QED) is 0.178. The maximum absolute atomic E-state index is 7.13. The molecule has 0 saturated heterocycles. The van der Waals surface area contributed by atoms with Crippen molar-refractivity contribution < 1.29 is 0 Å². The van der Waals surface area contributed by atoms with Crippen molar-refractivity contribution in [3.8, 4) is 0 Å². The van der Waals surface area contributed by atoms with Gasteiger partial charge in [-0.25, -0.2) is 15.6 Å². The Hall–Kier alpha value is -5.06. The molecule has 0 bridgehead atoms. The van der Waals surface area contributed by atoms with Gasteiger partial charge < -0.3 is 4.40 Å². The number of hydrogen-bond donors (Lipinski definition) is 1. The van der Waals surface area contributed by atoms with Crippen LogP contribution < -0.4 is 11.0 Å². The average molecular weight is 531 g/mol. The van der Waals surface area contributed by atoms with Gasteiger partial charge in [0.05, 0.1) is 33.4 Å². The molecule has 3 aromatic heterocycles. The van der Waals surface area contributed by atoms with E-state index in [2.05, 4.69) is 133 Å². The fourth-order valence-electron chi connectivity index (χ4n) is 6.94. The Balaban J connectivity index is 1.67. The Kier molecular flexibility index (Phi) is 5.06. The number of nitrogens with two attached hydrogens (primary N) is 1. The standard InChI is InChI=1S/C37H30N4/c1-4-13-26-29-22-28-27-17-10-12-19-33(27)39-34-21-25-16-8-7-15-24(25)20-30(34)35(36(28)39)37(29)40(31(26)6-3)41(38)32-18-11-9-14-23(32)5-2/h4,6-22H,3,5,38H2,1-2H3/b13-4-. The second-order valence-corrected chi connectivity index (χ2v) is 10.8. The van der Waals surface area contributed by atoms with E-state index in [0.717, 1.165) is 34.3 Å². The number of aromatic nitrogens is 2. The van der Waals surface area contributed by atoms with Crippen molar-refractivity contribution in [2.45, 2.75) is 20.3 Å². The first-order valence-electron chi connectivity index (χ1n) is 14.2. The first kappa shape index (κ1) is 23.8. The Labute approximate surface area is 238 Å². The summed E-state index contributed by atoms with van der Waals surface area (Å²) in [6.07, 6.45) is 7.10. The third kappa shape index (κ3) is 3.08. The summed E-state index contributed by atoms with van der Waals surface area (Å²) >= 11 is 0. The van der Waals surface area contributed by atoms with E-state index < -0.39 is 0 Å². The van der Waals surface area contributed by atoms with Crippen molar-refractivity contribution in [2.75, 3.05) is 5.12 Å². The van der Waals surface area contributed by atoms with Crippen molar-refractivity contribution in [1.29, 1.82) is 0 Å². The molecule has 5 aromatic carbocycles. The van der Waals surface area contributed by atoms with Crippen molar-refractivity contribution in [2.24, 2.45) is 5.84 Å². The molecule has 0 atom stereocenters. The van der Waals surface area contributed by atoms with Gasteiger partial charge in [0.15, 0.2) is 0 Å². The fraction of sp³-hybridized carbons (Fsp3) is 0.0811. The van der Waals surface area contributed by atoms with E-state index in [1.165, 1.54) is 54.4 Å². The monoisotopic (exact) mass is 530 g/mol. The number of benzene rings is 5. The number of aryl methyl sites for hydroxylation is 1. The molecule has 0 unspecified atom stereocenters. The summed E-state index contributed by atoms with van der Waals surface area (Å²) in [6.45, 7) is 8.50. The summed E-state index contributed by atoms with van der Waals surface area (Å²) in [5, 5.41) is 10.4. The maximum atomic E-state index is 7.13. The molecule has 3 heterocycles. The van der Waals surface area contributed by atoms with Gasteiger partial charge in [-0.2, -0.15) is 0 Å². The number of rotatable bonds is 5. The number of hydrazine groups is 1. The summed E-state index contributed by atoms with van der Waals surface area (Å²) in [5.41, 5.74) is 9.00. The first-order valence-corrected chi connectivity index (χ1v) is 14.2. The van der Waals surface area contributed by atoms with Crippen LogP contribution in [0.3, 0.4) is 0 Å². The molecule has 4 nitrogen and oxygen atoms in total. The minimum atomic E-state index is 0.883. The van der Waals surface area contributed by atoms with Crippen LogP contribution in [0.5, 0.6) is 0 Å². The van der Waals surface area contributed by atoms with Gasteiger partial charge >= 0.3 is 0 Å². The van der Waals surface area contributed by atoms with Crippen molar-refractivity contribution in [1.82, 2.24) is 9.08 Å². The molecule has 0 spiro atoms. The molecule has 0 aliphatic heterocycles. The van der Waals surface area contributed by atoms with Crippen LogP contribution in [-0.2, 0) is 6.42 Å². The minimum Gasteiger partial charge on any atom is -0.308 e. The zero-order chi connectivity index (χ0) is 27.8. The third-order valence-corrected chi connectivity index (χ3v) is 8.67. The van der Waals surface area contributed by atoms with Crippen LogP contribution in [0, 0.1) is 0 Å². The first-order chi connectivity index (χ1) is 20.2. The van der Waals surface area contributed by atoms with Crippen LogP contribution in [0.2, 0.25) is 0 Å². The molecular weight excluding hydrogens is 500 g/mol.